The fourth-order valence-corrected chi connectivity index (χ4v) is 1.46. The molecule has 0 saturated heterocycles. The summed E-state index contributed by atoms with van der Waals surface area (Å²) in [5, 5.41) is 10.9. The van der Waals surface area contributed by atoms with Crippen LogP contribution in [0.5, 0.6) is 5.75 Å². The summed E-state index contributed by atoms with van der Waals surface area (Å²) in [6.45, 7) is 0. The minimum absolute atomic E-state index is 0.460. The van der Waals surface area contributed by atoms with E-state index in [2.05, 4.69) is 21.2 Å². The van der Waals surface area contributed by atoms with Crippen LogP contribution in [0.15, 0.2) is 34.8 Å². The third-order valence-corrected chi connectivity index (χ3v) is 2.29. The fourth-order valence-electron chi connectivity index (χ4n) is 1.10. The highest BCUT2D eigenvalue weighted by molar-refractivity contribution is 9.10. The van der Waals surface area contributed by atoms with E-state index >= 15 is 0 Å². The summed E-state index contributed by atoms with van der Waals surface area (Å²) in [6.07, 6.45) is 1.70. The third-order valence-electron chi connectivity index (χ3n) is 1.80. The van der Waals surface area contributed by atoms with Crippen molar-refractivity contribution >= 4 is 33.5 Å². The molecule has 0 radical (unpaired) electrons. The number of methoxy groups -OCH3 is 1. The van der Waals surface area contributed by atoms with Crippen molar-refractivity contribution in [1.29, 1.82) is 0 Å². The van der Waals surface area contributed by atoms with Crippen molar-refractivity contribution in [3.63, 3.8) is 0 Å². The van der Waals surface area contributed by atoms with E-state index in [4.69, 9.17) is 9.84 Å². The maximum atomic E-state index is 11.4. The first-order chi connectivity index (χ1) is 8.02. The number of benzene rings is 1. The van der Waals surface area contributed by atoms with Crippen LogP contribution >= 0.6 is 15.9 Å². The molecule has 0 bridgehead atoms. The number of aliphatic carboxylic acids is 1. The van der Waals surface area contributed by atoms with Gasteiger partial charge in [0.05, 0.1) is 12.8 Å². The van der Waals surface area contributed by atoms with Gasteiger partial charge in [-0.05, 0) is 18.2 Å². The van der Waals surface area contributed by atoms with Gasteiger partial charge < -0.3 is 15.2 Å². The van der Waals surface area contributed by atoms with Crippen molar-refractivity contribution in [3.8, 4) is 5.75 Å². The molecular weight excluding hydrogens is 290 g/mol. The fraction of sp³-hybridized carbons (Fsp3) is 0.0909. The molecule has 1 aromatic carbocycles. The predicted molar refractivity (Wildman–Crippen MR) is 66.1 cm³/mol. The molecule has 0 atom stereocenters. The summed E-state index contributed by atoms with van der Waals surface area (Å²) in [4.78, 5) is 21.6. The number of amides is 1. The minimum Gasteiger partial charge on any atom is -0.495 e. The highest BCUT2D eigenvalue weighted by atomic mass is 79.9. The van der Waals surface area contributed by atoms with Crippen molar-refractivity contribution < 1.29 is 19.4 Å². The van der Waals surface area contributed by atoms with E-state index in [1.54, 1.807) is 18.2 Å². The lowest BCUT2D eigenvalue weighted by atomic mass is 10.3. The van der Waals surface area contributed by atoms with Gasteiger partial charge in [0.1, 0.15) is 5.75 Å². The van der Waals surface area contributed by atoms with Crippen LogP contribution in [-0.4, -0.2) is 24.1 Å². The van der Waals surface area contributed by atoms with Crippen LogP contribution in [0.25, 0.3) is 0 Å². The Labute approximate surface area is 106 Å². The highest BCUT2D eigenvalue weighted by Gasteiger charge is 2.06. The molecule has 2 N–H and O–H groups in total. The summed E-state index contributed by atoms with van der Waals surface area (Å²) in [5.74, 6) is -1.23. The van der Waals surface area contributed by atoms with E-state index in [1.165, 1.54) is 7.11 Å². The lowest BCUT2D eigenvalue weighted by Crippen LogP contribution is -2.09. The van der Waals surface area contributed by atoms with Crippen molar-refractivity contribution in [2.45, 2.75) is 0 Å². The number of carbonyl (C=O) groups is 2. The standard InChI is InChI=1S/C11H10BrNO4/c1-17-9-3-2-7(12)6-8(9)13-10(14)4-5-11(15)16/h2-6H,1H3,(H,13,14)(H,15,16)/b5-4+. The molecule has 0 heterocycles. The van der Waals surface area contributed by atoms with Gasteiger partial charge in [0.25, 0.3) is 0 Å². The quantitative estimate of drug-likeness (QED) is 0.834. The van der Waals surface area contributed by atoms with Gasteiger partial charge in [-0.1, -0.05) is 15.9 Å². The molecule has 1 amide bonds. The SMILES string of the molecule is COc1ccc(Br)cc1NC(=O)/C=C/C(=O)O. The zero-order chi connectivity index (χ0) is 12.8. The Kier molecular flexibility index (Phi) is 4.71. The largest absolute Gasteiger partial charge is 0.495 e. The van der Waals surface area contributed by atoms with Gasteiger partial charge in [0, 0.05) is 16.6 Å². The first-order valence-corrected chi connectivity index (χ1v) is 5.37. The van der Waals surface area contributed by atoms with Crippen molar-refractivity contribution in [1.82, 2.24) is 0 Å². The van der Waals surface area contributed by atoms with Gasteiger partial charge in [-0.15, -0.1) is 0 Å². The lowest BCUT2D eigenvalue weighted by Gasteiger charge is -2.08. The zero-order valence-corrected chi connectivity index (χ0v) is 10.5. The normalized spacial score (nSPS) is 10.2. The summed E-state index contributed by atoms with van der Waals surface area (Å²) in [6, 6.07) is 5.10. The Morgan fingerprint density at radius 2 is 2.12 bits per heavy atom. The number of carboxylic acids is 1. The first-order valence-electron chi connectivity index (χ1n) is 4.58. The summed E-state index contributed by atoms with van der Waals surface area (Å²) in [7, 11) is 1.48. The van der Waals surface area contributed by atoms with E-state index < -0.39 is 11.9 Å². The van der Waals surface area contributed by atoms with Crippen LogP contribution in [0.1, 0.15) is 0 Å². The summed E-state index contributed by atoms with van der Waals surface area (Å²) < 4.78 is 5.82. The van der Waals surface area contributed by atoms with Gasteiger partial charge in [-0.25, -0.2) is 4.79 Å². The third kappa shape index (κ3) is 4.28. The number of anilines is 1. The molecule has 5 nitrogen and oxygen atoms in total. The average Bonchev–Trinajstić information content (AvgIpc) is 2.27. The van der Waals surface area contributed by atoms with Gasteiger partial charge >= 0.3 is 5.97 Å². The van der Waals surface area contributed by atoms with Crippen LogP contribution in [0, 0.1) is 0 Å². The Morgan fingerprint density at radius 1 is 1.41 bits per heavy atom. The molecule has 0 unspecified atom stereocenters. The molecule has 0 fully saturated rings. The molecule has 0 aliphatic carbocycles. The van der Waals surface area contributed by atoms with Crippen molar-refractivity contribution in [2.75, 3.05) is 12.4 Å². The zero-order valence-electron chi connectivity index (χ0n) is 8.94. The van der Waals surface area contributed by atoms with Crippen LogP contribution in [0.3, 0.4) is 0 Å². The van der Waals surface area contributed by atoms with E-state index in [-0.39, 0.29) is 0 Å². The molecule has 1 rings (SSSR count). The van der Waals surface area contributed by atoms with E-state index in [1.807, 2.05) is 0 Å². The summed E-state index contributed by atoms with van der Waals surface area (Å²) >= 11 is 3.26. The molecule has 6 heteroatoms. The predicted octanol–water partition coefficient (Wildman–Crippen LogP) is 2.04. The number of nitrogens with one attached hydrogen (secondary N) is 1. The van der Waals surface area contributed by atoms with Gasteiger partial charge in [0.15, 0.2) is 0 Å². The van der Waals surface area contributed by atoms with Crippen molar-refractivity contribution in [2.24, 2.45) is 0 Å². The number of carboxylic acid groups (broad SMARTS) is 1. The second kappa shape index (κ2) is 6.05. The van der Waals surface area contributed by atoms with E-state index in [0.717, 1.165) is 16.6 Å². The van der Waals surface area contributed by atoms with Gasteiger partial charge in [-0.3, -0.25) is 4.79 Å². The van der Waals surface area contributed by atoms with Crippen molar-refractivity contribution in [3.05, 3.63) is 34.8 Å². The maximum Gasteiger partial charge on any atom is 0.328 e. The average molecular weight is 300 g/mol. The number of halogens is 1. The molecule has 0 aliphatic heterocycles. The first kappa shape index (κ1) is 13.2. The molecule has 0 saturated carbocycles. The molecule has 0 aliphatic rings. The number of hydrogen-bond donors (Lipinski definition) is 2. The number of carbonyl (C=O) groups excluding carboxylic acids is 1. The Balaban J connectivity index is 2.83. The van der Waals surface area contributed by atoms with Gasteiger partial charge in [0.2, 0.25) is 5.91 Å². The second-order valence-electron chi connectivity index (χ2n) is 3.01. The van der Waals surface area contributed by atoms with E-state index in [9.17, 15) is 9.59 Å². The smallest absolute Gasteiger partial charge is 0.328 e. The monoisotopic (exact) mass is 299 g/mol. The molecule has 1 aromatic rings. The lowest BCUT2D eigenvalue weighted by molar-refractivity contribution is -0.131. The van der Waals surface area contributed by atoms with Gasteiger partial charge in [-0.2, -0.15) is 0 Å². The topological polar surface area (TPSA) is 75.6 Å². The number of hydrogen-bond acceptors (Lipinski definition) is 3. The highest BCUT2D eigenvalue weighted by Crippen LogP contribution is 2.27. The van der Waals surface area contributed by atoms with Crippen LogP contribution in [-0.2, 0) is 9.59 Å². The van der Waals surface area contributed by atoms with Crippen LogP contribution in [0.4, 0.5) is 5.69 Å². The molecular formula is C11H10BrNO4. The number of ether oxygens (including phenoxy) is 1. The second-order valence-corrected chi connectivity index (χ2v) is 3.92. The Hall–Kier alpha value is -1.82. The Morgan fingerprint density at radius 3 is 2.71 bits per heavy atom. The molecule has 0 aromatic heterocycles. The molecule has 0 spiro atoms. The van der Waals surface area contributed by atoms with Crippen LogP contribution in [0.2, 0.25) is 0 Å². The molecule has 90 valence electrons. The minimum atomic E-state index is -1.18. The summed E-state index contributed by atoms with van der Waals surface area (Å²) in [5.41, 5.74) is 0.460. The molecule has 17 heavy (non-hydrogen) atoms. The van der Waals surface area contributed by atoms with Crippen LogP contribution < -0.4 is 10.1 Å². The maximum absolute atomic E-state index is 11.4. The van der Waals surface area contributed by atoms with E-state index in [0.29, 0.717) is 11.4 Å². The number of rotatable bonds is 4. The Bertz CT molecular complexity index is 471.